The minimum atomic E-state index is 0.0340. The van der Waals surface area contributed by atoms with Gasteiger partial charge in [0.25, 0.3) is 0 Å². The maximum absolute atomic E-state index is 14.4. The summed E-state index contributed by atoms with van der Waals surface area (Å²) in [5, 5.41) is 3.49. The van der Waals surface area contributed by atoms with Gasteiger partial charge in [0.1, 0.15) is 5.82 Å². The Balaban J connectivity index is 1.88. The number of anilines is 1. The molecule has 1 fully saturated rings. The Labute approximate surface area is 114 Å². The van der Waals surface area contributed by atoms with E-state index in [1.807, 2.05) is 6.07 Å². The number of nitrogens with zero attached hydrogens (tertiary/aromatic N) is 1. The molecule has 2 heterocycles. The predicted molar refractivity (Wildman–Crippen MR) is 75.3 cm³/mol. The van der Waals surface area contributed by atoms with Crippen LogP contribution in [0.25, 0.3) is 0 Å². The molecule has 4 rings (SSSR count). The number of halogens is 1. The van der Waals surface area contributed by atoms with Crippen molar-refractivity contribution in [2.24, 2.45) is 0 Å². The first-order valence-corrected chi connectivity index (χ1v) is 7.65. The highest BCUT2D eigenvalue weighted by molar-refractivity contribution is 5.67. The number of hydrogen-bond donors (Lipinski definition) is 1. The van der Waals surface area contributed by atoms with Crippen molar-refractivity contribution >= 4 is 5.69 Å². The van der Waals surface area contributed by atoms with E-state index in [-0.39, 0.29) is 5.82 Å². The van der Waals surface area contributed by atoms with Crippen LogP contribution in [0, 0.1) is 5.82 Å². The van der Waals surface area contributed by atoms with Gasteiger partial charge in [-0.1, -0.05) is 18.9 Å². The van der Waals surface area contributed by atoms with Gasteiger partial charge in [-0.05, 0) is 37.4 Å². The SMILES string of the molecule is Fc1ccc2c3c1[C@H]1CCCC[C@H]1N3CCNCC2. The van der Waals surface area contributed by atoms with E-state index in [2.05, 4.69) is 10.2 Å². The second-order valence-corrected chi connectivity index (χ2v) is 6.12. The van der Waals surface area contributed by atoms with Crippen LogP contribution in [0.5, 0.6) is 0 Å². The maximum atomic E-state index is 14.4. The van der Waals surface area contributed by atoms with Crippen LogP contribution in [-0.4, -0.2) is 25.7 Å². The van der Waals surface area contributed by atoms with Crippen molar-refractivity contribution < 1.29 is 4.39 Å². The molecule has 0 bridgehead atoms. The largest absolute Gasteiger partial charge is 0.366 e. The summed E-state index contributed by atoms with van der Waals surface area (Å²) < 4.78 is 14.4. The highest BCUT2D eigenvalue weighted by Gasteiger charge is 2.42. The Morgan fingerprint density at radius 2 is 2.05 bits per heavy atom. The molecule has 1 saturated carbocycles. The highest BCUT2D eigenvalue weighted by atomic mass is 19.1. The second-order valence-electron chi connectivity index (χ2n) is 6.12. The number of rotatable bonds is 0. The Morgan fingerprint density at radius 3 is 3.00 bits per heavy atom. The number of nitrogens with one attached hydrogen (secondary N) is 1. The summed E-state index contributed by atoms with van der Waals surface area (Å²) in [7, 11) is 0. The van der Waals surface area contributed by atoms with Gasteiger partial charge < -0.3 is 10.2 Å². The third kappa shape index (κ3) is 1.71. The quantitative estimate of drug-likeness (QED) is 0.771. The molecule has 0 saturated heterocycles. The summed E-state index contributed by atoms with van der Waals surface area (Å²) >= 11 is 0. The van der Waals surface area contributed by atoms with Crippen LogP contribution in [0.1, 0.15) is 42.7 Å². The van der Waals surface area contributed by atoms with E-state index < -0.39 is 0 Å². The van der Waals surface area contributed by atoms with Crippen molar-refractivity contribution in [1.29, 1.82) is 0 Å². The molecule has 2 aliphatic heterocycles. The van der Waals surface area contributed by atoms with Crippen molar-refractivity contribution in [2.75, 3.05) is 24.5 Å². The van der Waals surface area contributed by atoms with Crippen LogP contribution in [0.15, 0.2) is 12.1 Å². The lowest BCUT2D eigenvalue weighted by molar-refractivity contribution is 0.379. The van der Waals surface area contributed by atoms with E-state index >= 15 is 0 Å². The van der Waals surface area contributed by atoms with Crippen molar-refractivity contribution in [2.45, 2.75) is 44.1 Å². The van der Waals surface area contributed by atoms with E-state index in [1.54, 1.807) is 6.07 Å². The van der Waals surface area contributed by atoms with Gasteiger partial charge in [-0.2, -0.15) is 0 Å². The maximum Gasteiger partial charge on any atom is 0.128 e. The van der Waals surface area contributed by atoms with E-state index in [0.29, 0.717) is 12.0 Å². The monoisotopic (exact) mass is 260 g/mol. The molecule has 0 amide bonds. The molecular weight excluding hydrogens is 239 g/mol. The van der Waals surface area contributed by atoms with Crippen molar-refractivity contribution in [1.82, 2.24) is 5.32 Å². The first kappa shape index (κ1) is 11.7. The van der Waals surface area contributed by atoms with Crippen molar-refractivity contribution in [3.8, 4) is 0 Å². The molecule has 1 N–H and O–H groups in total. The summed E-state index contributed by atoms with van der Waals surface area (Å²) in [6.45, 7) is 3.07. The van der Waals surface area contributed by atoms with Gasteiger partial charge in [0.15, 0.2) is 0 Å². The van der Waals surface area contributed by atoms with E-state index in [4.69, 9.17) is 0 Å². The fourth-order valence-electron chi connectivity index (χ4n) is 4.33. The van der Waals surface area contributed by atoms with Crippen molar-refractivity contribution in [3.63, 3.8) is 0 Å². The molecule has 1 aromatic rings. The molecule has 0 aromatic heterocycles. The first-order valence-electron chi connectivity index (χ1n) is 7.65. The van der Waals surface area contributed by atoms with Gasteiger partial charge in [0.2, 0.25) is 0 Å². The highest BCUT2D eigenvalue weighted by Crippen LogP contribution is 2.50. The van der Waals surface area contributed by atoms with Crippen LogP contribution in [-0.2, 0) is 6.42 Å². The number of fused-ring (bicyclic) bond motifs is 3. The lowest BCUT2D eigenvalue weighted by Crippen LogP contribution is -2.41. The third-order valence-electron chi connectivity index (χ3n) is 5.14. The van der Waals surface area contributed by atoms with Gasteiger partial charge in [-0.3, -0.25) is 0 Å². The molecule has 1 aliphatic carbocycles. The summed E-state index contributed by atoms with van der Waals surface area (Å²) in [4.78, 5) is 2.52. The molecule has 0 unspecified atom stereocenters. The topological polar surface area (TPSA) is 15.3 Å². The zero-order chi connectivity index (χ0) is 12.8. The van der Waals surface area contributed by atoms with Crippen molar-refractivity contribution in [3.05, 3.63) is 29.1 Å². The first-order chi connectivity index (χ1) is 9.36. The third-order valence-corrected chi connectivity index (χ3v) is 5.14. The predicted octanol–water partition coefficient (Wildman–Crippen LogP) is 2.82. The second kappa shape index (κ2) is 4.48. The van der Waals surface area contributed by atoms with Crippen LogP contribution in [0.2, 0.25) is 0 Å². The summed E-state index contributed by atoms with van der Waals surface area (Å²) in [6.07, 6.45) is 5.99. The molecule has 2 atom stereocenters. The molecule has 3 aliphatic rings. The average molecular weight is 260 g/mol. The van der Waals surface area contributed by atoms with E-state index in [0.717, 1.165) is 31.6 Å². The Hall–Kier alpha value is -1.09. The molecule has 3 heteroatoms. The van der Waals surface area contributed by atoms with Crippen LogP contribution >= 0.6 is 0 Å². The van der Waals surface area contributed by atoms with Crippen LogP contribution < -0.4 is 10.2 Å². The molecule has 1 aromatic carbocycles. The minimum absolute atomic E-state index is 0.0340. The standard InChI is InChI=1S/C16H21FN2/c17-13-6-5-11-7-8-18-9-10-19-14-4-2-1-3-12(14)15(13)16(11)19/h5-6,12,14,18H,1-4,7-10H2/t12-,14+/m0/s1. The van der Waals surface area contributed by atoms with Gasteiger partial charge in [-0.15, -0.1) is 0 Å². The van der Waals surface area contributed by atoms with E-state index in [9.17, 15) is 4.39 Å². The Bertz CT molecular complexity index is 500. The normalized spacial score (nSPS) is 29.4. The van der Waals surface area contributed by atoms with E-state index in [1.165, 1.54) is 36.9 Å². The zero-order valence-corrected chi connectivity index (χ0v) is 11.3. The number of hydrogen-bond acceptors (Lipinski definition) is 2. The lowest BCUT2D eigenvalue weighted by atomic mass is 9.82. The summed E-state index contributed by atoms with van der Waals surface area (Å²) in [6, 6.07) is 4.26. The van der Waals surface area contributed by atoms with Crippen LogP contribution in [0.3, 0.4) is 0 Å². The van der Waals surface area contributed by atoms with Gasteiger partial charge in [0.05, 0.1) is 0 Å². The average Bonchev–Trinajstić information content (AvgIpc) is 2.73. The van der Waals surface area contributed by atoms with Gasteiger partial charge in [-0.25, -0.2) is 4.39 Å². The molecule has 0 radical (unpaired) electrons. The van der Waals surface area contributed by atoms with Gasteiger partial charge >= 0.3 is 0 Å². The molecule has 19 heavy (non-hydrogen) atoms. The molecule has 2 nitrogen and oxygen atoms in total. The summed E-state index contributed by atoms with van der Waals surface area (Å²) in [5.74, 6) is 0.480. The minimum Gasteiger partial charge on any atom is -0.366 e. The fraction of sp³-hybridized carbons (Fsp3) is 0.625. The zero-order valence-electron chi connectivity index (χ0n) is 11.3. The molecule has 102 valence electrons. The lowest BCUT2D eigenvalue weighted by Gasteiger charge is -2.35. The Kier molecular flexibility index (Phi) is 2.76. The van der Waals surface area contributed by atoms with Crippen LogP contribution in [0.4, 0.5) is 10.1 Å². The fourth-order valence-corrected chi connectivity index (χ4v) is 4.33. The number of benzene rings is 1. The van der Waals surface area contributed by atoms with Gasteiger partial charge in [0, 0.05) is 36.3 Å². The molecular formula is C16H21FN2. The summed E-state index contributed by atoms with van der Waals surface area (Å²) in [5.41, 5.74) is 3.65. The smallest absolute Gasteiger partial charge is 0.128 e. The molecule has 0 spiro atoms. The Morgan fingerprint density at radius 1 is 1.16 bits per heavy atom.